The van der Waals surface area contributed by atoms with Gasteiger partial charge in [-0.1, -0.05) is 36.7 Å². The molecule has 2 heterocycles. The number of benzene rings is 1. The minimum Gasteiger partial charge on any atom is -0.327 e. The predicted octanol–water partition coefficient (Wildman–Crippen LogP) is 4.15. The molecule has 0 amide bonds. The van der Waals surface area contributed by atoms with Crippen LogP contribution < -0.4 is 5.73 Å². The second-order valence-electron chi connectivity index (χ2n) is 5.50. The first-order valence-electron chi connectivity index (χ1n) is 6.79. The third-order valence-corrected chi connectivity index (χ3v) is 5.72. The largest absolute Gasteiger partial charge is 0.327 e. The molecule has 0 saturated carbocycles. The summed E-state index contributed by atoms with van der Waals surface area (Å²) >= 11 is 8.32. The fourth-order valence-corrected chi connectivity index (χ4v) is 4.30. The van der Waals surface area contributed by atoms with Gasteiger partial charge in [0.1, 0.15) is 0 Å². The second kappa shape index (κ2) is 6.63. The number of rotatable bonds is 2. The molecule has 2 nitrogen and oxygen atoms in total. The molecule has 3 rings (SSSR count). The molecule has 1 aromatic heterocycles. The van der Waals surface area contributed by atoms with Crippen LogP contribution in [0.2, 0.25) is 5.02 Å². The fourth-order valence-electron chi connectivity index (χ4n) is 2.76. The van der Waals surface area contributed by atoms with Gasteiger partial charge in [0.15, 0.2) is 0 Å². The van der Waals surface area contributed by atoms with Gasteiger partial charge in [-0.05, 0) is 18.4 Å². The van der Waals surface area contributed by atoms with Crippen molar-refractivity contribution in [2.24, 2.45) is 11.7 Å². The molecule has 2 unspecified atom stereocenters. The number of halogens is 2. The van der Waals surface area contributed by atoms with E-state index in [0.29, 0.717) is 12.0 Å². The molecule has 2 N–H and O–H groups in total. The molecule has 20 heavy (non-hydrogen) atoms. The van der Waals surface area contributed by atoms with Gasteiger partial charge in [-0.25, -0.2) is 0 Å². The molecule has 2 atom stereocenters. The number of nitrogens with zero attached hydrogens (tertiary/aromatic N) is 1. The summed E-state index contributed by atoms with van der Waals surface area (Å²) < 4.78 is 1.28. The van der Waals surface area contributed by atoms with Crippen LogP contribution in [0.4, 0.5) is 0 Å². The van der Waals surface area contributed by atoms with Crippen LogP contribution in [0.5, 0.6) is 0 Å². The van der Waals surface area contributed by atoms with Crippen LogP contribution in [0, 0.1) is 5.92 Å². The zero-order valence-corrected chi connectivity index (χ0v) is 13.9. The minimum absolute atomic E-state index is 0. The van der Waals surface area contributed by atoms with Gasteiger partial charge >= 0.3 is 0 Å². The average Bonchev–Trinajstić information content (AvgIpc) is 2.72. The summed E-state index contributed by atoms with van der Waals surface area (Å²) in [5.41, 5.74) is 6.07. The second-order valence-corrected chi connectivity index (χ2v) is 7.02. The first kappa shape index (κ1) is 16.1. The molecule has 1 aliphatic heterocycles. The number of fused-ring (bicyclic) bond motifs is 1. The summed E-state index contributed by atoms with van der Waals surface area (Å²) in [4.78, 5) is 3.76. The van der Waals surface area contributed by atoms with E-state index in [4.69, 9.17) is 17.3 Å². The van der Waals surface area contributed by atoms with Crippen molar-refractivity contribution in [3.8, 4) is 0 Å². The van der Waals surface area contributed by atoms with Crippen LogP contribution in [0.3, 0.4) is 0 Å². The molecule has 0 spiro atoms. The van der Waals surface area contributed by atoms with Crippen molar-refractivity contribution in [2.45, 2.75) is 25.9 Å². The molecule has 1 saturated heterocycles. The summed E-state index contributed by atoms with van der Waals surface area (Å²) in [6, 6.07) is 8.72. The highest BCUT2D eigenvalue weighted by molar-refractivity contribution is 7.19. The van der Waals surface area contributed by atoms with Crippen molar-refractivity contribution in [1.82, 2.24) is 4.90 Å². The Hall–Kier alpha value is -0.320. The van der Waals surface area contributed by atoms with Gasteiger partial charge < -0.3 is 5.73 Å². The summed E-state index contributed by atoms with van der Waals surface area (Å²) in [5.74, 6) is 0.571. The standard InChI is InChI=1S/C15H19ClN2S.ClH/c1-10-8-18(7-6-12(10)17)9-14-15(16)11-4-2-3-5-13(11)19-14;/h2-5,10,12H,6-9,17H2,1H3;1H. The smallest absolute Gasteiger partial charge is 0.0637 e. The van der Waals surface area contributed by atoms with E-state index in [9.17, 15) is 0 Å². The normalized spacial score (nSPS) is 23.8. The Kier molecular flexibility index (Phi) is 5.32. The van der Waals surface area contributed by atoms with Crippen molar-refractivity contribution in [2.75, 3.05) is 13.1 Å². The SMILES string of the molecule is CC1CN(Cc2sc3ccccc3c2Cl)CCC1N.Cl. The molecular formula is C15H20Cl2N2S. The Bertz CT molecular complexity index is 584. The van der Waals surface area contributed by atoms with Crippen LogP contribution in [-0.2, 0) is 6.54 Å². The van der Waals surface area contributed by atoms with Crippen LogP contribution in [0.25, 0.3) is 10.1 Å². The van der Waals surface area contributed by atoms with E-state index < -0.39 is 0 Å². The Labute approximate surface area is 135 Å². The average molecular weight is 331 g/mol. The van der Waals surface area contributed by atoms with Gasteiger partial charge in [-0.2, -0.15) is 0 Å². The number of piperidine rings is 1. The highest BCUT2D eigenvalue weighted by atomic mass is 35.5. The Morgan fingerprint density at radius 1 is 1.40 bits per heavy atom. The van der Waals surface area contributed by atoms with E-state index in [0.717, 1.165) is 31.1 Å². The first-order valence-corrected chi connectivity index (χ1v) is 7.98. The molecule has 0 aliphatic carbocycles. The van der Waals surface area contributed by atoms with Crippen molar-refractivity contribution < 1.29 is 0 Å². The van der Waals surface area contributed by atoms with Crippen molar-refractivity contribution in [3.05, 3.63) is 34.2 Å². The van der Waals surface area contributed by atoms with E-state index in [1.165, 1.54) is 15.0 Å². The lowest BCUT2D eigenvalue weighted by atomic mass is 9.95. The first-order chi connectivity index (χ1) is 9.15. The van der Waals surface area contributed by atoms with Crippen molar-refractivity contribution in [3.63, 3.8) is 0 Å². The third kappa shape index (κ3) is 3.12. The van der Waals surface area contributed by atoms with Crippen molar-refractivity contribution in [1.29, 1.82) is 0 Å². The maximum Gasteiger partial charge on any atom is 0.0637 e. The number of hydrogen-bond acceptors (Lipinski definition) is 3. The minimum atomic E-state index is 0. The number of likely N-dealkylation sites (tertiary alicyclic amines) is 1. The maximum atomic E-state index is 6.50. The van der Waals surface area contributed by atoms with Crippen LogP contribution in [0.1, 0.15) is 18.2 Å². The third-order valence-electron chi connectivity index (χ3n) is 4.02. The zero-order chi connectivity index (χ0) is 13.4. The summed E-state index contributed by atoms with van der Waals surface area (Å²) in [6.07, 6.45) is 1.09. The van der Waals surface area contributed by atoms with Crippen LogP contribution in [-0.4, -0.2) is 24.0 Å². The Morgan fingerprint density at radius 2 is 2.15 bits per heavy atom. The van der Waals surface area contributed by atoms with Gasteiger partial charge in [-0.3, -0.25) is 4.90 Å². The van der Waals surface area contributed by atoms with Gasteiger partial charge in [0, 0.05) is 40.6 Å². The molecule has 0 radical (unpaired) electrons. The number of thiophene rings is 1. The number of nitrogens with two attached hydrogens (primary N) is 1. The van der Waals surface area contributed by atoms with Crippen molar-refractivity contribution >= 4 is 45.4 Å². The molecular weight excluding hydrogens is 311 g/mol. The Morgan fingerprint density at radius 3 is 2.85 bits per heavy atom. The van der Waals surface area contributed by atoms with Gasteiger partial charge in [0.05, 0.1) is 5.02 Å². The Balaban J connectivity index is 0.00000147. The monoisotopic (exact) mass is 330 g/mol. The lowest BCUT2D eigenvalue weighted by Gasteiger charge is -2.34. The van der Waals surface area contributed by atoms with E-state index in [2.05, 4.69) is 30.0 Å². The molecule has 1 aliphatic rings. The van der Waals surface area contributed by atoms with Crippen LogP contribution in [0.15, 0.2) is 24.3 Å². The predicted molar refractivity (Wildman–Crippen MR) is 91.1 cm³/mol. The summed E-state index contributed by atoms with van der Waals surface area (Å²) in [7, 11) is 0. The summed E-state index contributed by atoms with van der Waals surface area (Å²) in [5, 5.41) is 2.12. The lowest BCUT2D eigenvalue weighted by Crippen LogP contribution is -2.45. The topological polar surface area (TPSA) is 29.3 Å². The molecule has 5 heteroatoms. The molecule has 2 aromatic rings. The molecule has 1 aromatic carbocycles. The van der Waals surface area contributed by atoms with Crippen LogP contribution >= 0.6 is 35.3 Å². The molecule has 0 bridgehead atoms. The van der Waals surface area contributed by atoms with E-state index >= 15 is 0 Å². The van der Waals surface area contributed by atoms with Gasteiger partial charge in [-0.15, -0.1) is 23.7 Å². The lowest BCUT2D eigenvalue weighted by molar-refractivity contribution is 0.159. The fraction of sp³-hybridized carbons (Fsp3) is 0.467. The van der Waals surface area contributed by atoms with E-state index in [1.54, 1.807) is 0 Å². The van der Waals surface area contributed by atoms with Gasteiger partial charge in [0.2, 0.25) is 0 Å². The highest BCUT2D eigenvalue weighted by Gasteiger charge is 2.24. The highest BCUT2D eigenvalue weighted by Crippen LogP contribution is 2.36. The maximum absolute atomic E-state index is 6.50. The molecule has 1 fully saturated rings. The van der Waals surface area contributed by atoms with Gasteiger partial charge in [0.25, 0.3) is 0 Å². The quantitative estimate of drug-likeness (QED) is 0.896. The number of hydrogen-bond donors (Lipinski definition) is 1. The molecule has 110 valence electrons. The van der Waals surface area contributed by atoms with E-state index in [1.807, 2.05) is 17.4 Å². The van der Waals surface area contributed by atoms with E-state index in [-0.39, 0.29) is 12.4 Å². The zero-order valence-electron chi connectivity index (χ0n) is 11.5. The summed E-state index contributed by atoms with van der Waals surface area (Å²) in [6.45, 7) is 5.35.